The largest absolute Gasteiger partial charge is 0.416 e. The Hall–Kier alpha value is -2.87. The van der Waals surface area contributed by atoms with Crippen LogP contribution < -0.4 is 5.32 Å². The number of piperidine rings is 1. The minimum Gasteiger partial charge on any atom is -0.343 e. The van der Waals surface area contributed by atoms with Crippen molar-refractivity contribution in [2.45, 2.75) is 75.2 Å². The number of likely N-dealkylation sites (tertiary alicyclic amines) is 2. The van der Waals surface area contributed by atoms with Gasteiger partial charge in [0.05, 0.1) is 12.1 Å². The number of fused-ring (bicyclic) bond motifs is 1. The van der Waals surface area contributed by atoms with Crippen LogP contribution in [0.2, 0.25) is 0 Å². The Bertz CT molecular complexity index is 1100. The molecule has 0 spiro atoms. The van der Waals surface area contributed by atoms with Crippen molar-refractivity contribution in [3.63, 3.8) is 0 Å². The quantitative estimate of drug-likeness (QED) is 0.596. The average molecular weight is 514 g/mol. The molecule has 1 aliphatic carbocycles. The molecule has 2 unspecified atom stereocenters. The van der Waals surface area contributed by atoms with Crippen LogP contribution >= 0.6 is 0 Å². The maximum Gasteiger partial charge on any atom is 0.416 e. The molecule has 3 fully saturated rings. The molecule has 2 heterocycles. The fraction of sp³-hybridized carbons (Fsp3) is 0.517. The molecule has 8 heteroatoms. The lowest BCUT2D eigenvalue weighted by molar-refractivity contribution is -0.137. The Morgan fingerprint density at radius 1 is 0.865 bits per heavy atom. The number of carbonyl (C=O) groups is 2. The van der Waals surface area contributed by atoms with Crippen LogP contribution in [0.1, 0.15) is 72.3 Å². The van der Waals surface area contributed by atoms with Crippen LogP contribution in [0.5, 0.6) is 0 Å². The van der Waals surface area contributed by atoms with Crippen molar-refractivity contribution in [2.24, 2.45) is 0 Å². The van der Waals surface area contributed by atoms with Gasteiger partial charge in [-0.25, -0.2) is 0 Å². The molecule has 1 saturated carbocycles. The Kier molecular flexibility index (Phi) is 7.56. The van der Waals surface area contributed by atoms with E-state index < -0.39 is 17.6 Å². The Labute approximate surface area is 216 Å². The second-order valence-corrected chi connectivity index (χ2v) is 10.6. The number of benzene rings is 2. The smallest absolute Gasteiger partial charge is 0.343 e. The first-order chi connectivity index (χ1) is 17.8. The van der Waals surface area contributed by atoms with E-state index >= 15 is 0 Å². The number of halogens is 3. The van der Waals surface area contributed by atoms with Crippen LogP contribution in [0.25, 0.3) is 0 Å². The van der Waals surface area contributed by atoms with Crippen molar-refractivity contribution in [1.29, 1.82) is 0 Å². The van der Waals surface area contributed by atoms with Gasteiger partial charge in [-0.05, 0) is 81.2 Å². The summed E-state index contributed by atoms with van der Waals surface area (Å²) >= 11 is 0. The molecular weight excluding hydrogens is 479 g/mol. The predicted molar refractivity (Wildman–Crippen MR) is 135 cm³/mol. The van der Waals surface area contributed by atoms with Gasteiger partial charge in [0.1, 0.15) is 0 Å². The lowest BCUT2D eigenvalue weighted by Gasteiger charge is -2.46. The molecule has 2 aromatic rings. The van der Waals surface area contributed by atoms with Crippen LogP contribution in [0.3, 0.4) is 0 Å². The summed E-state index contributed by atoms with van der Waals surface area (Å²) in [6, 6.07) is 16.0. The minimum absolute atomic E-state index is 0.100. The minimum atomic E-state index is -4.52. The highest BCUT2D eigenvalue weighted by molar-refractivity contribution is 5.96. The van der Waals surface area contributed by atoms with E-state index in [0.717, 1.165) is 37.9 Å². The average Bonchev–Trinajstić information content (AvgIpc) is 3.36. The van der Waals surface area contributed by atoms with E-state index in [1.54, 1.807) is 0 Å². The molecule has 2 amide bonds. The fourth-order valence-corrected chi connectivity index (χ4v) is 6.65. The molecule has 2 saturated heterocycles. The zero-order valence-electron chi connectivity index (χ0n) is 20.9. The van der Waals surface area contributed by atoms with E-state index in [-0.39, 0.29) is 24.1 Å². The molecule has 3 aliphatic rings. The molecule has 1 N–H and O–H groups in total. The molecule has 2 aliphatic heterocycles. The van der Waals surface area contributed by atoms with Crippen LogP contribution in [0, 0.1) is 0 Å². The number of hydrogen-bond acceptors (Lipinski definition) is 3. The van der Waals surface area contributed by atoms with Gasteiger partial charge >= 0.3 is 6.18 Å². The first-order valence-electron chi connectivity index (χ1n) is 13.4. The summed E-state index contributed by atoms with van der Waals surface area (Å²) in [5, 5.41) is 2.53. The SMILES string of the molecule is O=C(NCC(=O)N1CCC2C1CCCN2[C@H]1CC[C@H](c2ccccc2)CC1)c1cccc(C(F)(F)F)c1. The number of rotatable bonds is 5. The van der Waals surface area contributed by atoms with Crippen LogP contribution in [0.15, 0.2) is 54.6 Å². The molecule has 37 heavy (non-hydrogen) atoms. The third kappa shape index (κ3) is 5.69. The summed E-state index contributed by atoms with van der Waals surface area (Å²) in [6.45, 7) is 1.51. The fourth-order valence-electron chi connectivity index (χ4n) is 6.65. The molecule has 5 rings (SSSR count). The third-order valence-electron chi connectivity index (χ3n) is 8.46. The van der Waals surface area contributed by atoms with E-state index in [0.29, 0.717) is 24.5 Å². The van der Waals surface area contributed by atoms with Crippen molar-refractivity contribution >= 4 is 11.8 Å². The number of nitrogens with one attached hydrogen (secondary N) is 1. The maximum atomic E-state index is 13.1. The zero-order valence-corrected chi connectivity index (χ0v) is 20.9. The number of hydrogen-bond donors (Lipinski definition) is 1. The van der Waals surface area contributed by atoms with Gasteiger partial charge in [-0.1, -0.05) is 36.4 Å². The molecule has 2 atom stereocenters. The lowest BCUT2D eigenvalue weighted by atomic mass is 9.80. The summed E-state index contributed by atoms with van der Waals surface area (Å²) in [7, 11) is 0. The van der Waals surface area contributed by atoms with Gasteiger partial charge in [-0.3, -0.25) is 14.5 Å². The Balaban J connectivity index is 1.15. The molecule has 5 nitrogen and oxygen atoms in total. The van der Waals surface area contributed by atoms with Crippen LogP contribution in [-0.4, -0.2) is 59.4 Å². The monoisotopic (exact) mass is 513 g/mol. The van der Waals surface area contributed by atoms with Gasteiger partial charge < -0.3 is 10.2 Å². The summed E-state index contributed by atoms with van der Waals surface area (Å²) in [6.07, 6.45) is 3.11. The predicted octanol–water partition coefficient (Wildman–Crippen LogP) is 5.23. The van der Waals surface area contributed by atoms with E-state index in [2.05, 4.69) is 40.5 Å². The number of amides is 2. The van der Waals surface area contributed by atoms with Gasteiger partial charge in [0.25, 0.3) is 5.91 Å². The molecular formula is C29H34F3N3O2. The summed E-state index contributed by atoms with van der Waals surface area (Å²) in [5.74, 6) is -0.210. The highest BCUT2D eigenvalue weighted by Crippen LogP contribution is 2.39. The second kappa shape index (κ2) is 10.9. The van der Waals surface area contributed by atoms with E-state index in [9.17, 15) is 22.8 Å². The first-order valence-corrected chi connectivity index (χ1v) is 13.4. The zero-order chi connectivity index (χ0) is 26.0. The maximum absolute atomic E-state index is 13.1. The normalized spacial score (nSPS) is 26.5. The standard InChI is InChI=1S/C29H34F3N3O2/c30-29(31,32)23-9-4-8-22(18-23)28(37)33-19-27(36)35-17-15-26-25(35)10-5-16-34(26)24-13-11-21(12-14-24)20-6-2-1-3-7-20/h1-4,6-9,18,21,24-26H,5,10-17,19H2,(H,33,37)/t21-,24-,25?,26?. The summed E-state index contributed by atoms with van der Waals surface area (Å²) < 4.78 is 38.9. The van der Waals surface area contributed by atoms with Gasteiger partial charge in [0.2, 0.25) is 5.91 Å². The highest BCUT2D eigenvalue weighted by Gasteiger charge is 2.44. The molecule has 0 bridgehead atoms. The van der Waals surface area contributed by atoms with Gasteiger partial charge in [-0.2, -0.15) is 13.2 Å². The van der Waals surface area contributed by atoms with Crippen molar-refractivity contribution in [3.05, 3.63) is 71.3 Å². The Morgan fingerprint density at radius 2 is 1.62 bits per heavy atom. The molecule has 2 aromatic carbocycles. The summed E-state index contributed by atoms with van der Waals surface area (Å²) in [4.78, 5) is 30.0. The topological polar surface area (TPSA) is 52.7 Å². The number of alkyl halides is 3. The first kappa shape index (κ1) is 25.8. The van der Waals surface area contributed by atoms with E-state index in [1.165, 1.54) is 43.4 Å². The van der Waals surface area contributed by atoms with Crippen molar-refractivity contribution in [2.75, 3.05) is 19.6 Å². The number of nitrogens with zero attached hydrogens (tertiary/aromatic N) is 2. The molecule has 198 valence electrons. The number of carbonyl (C=O) groups excluding carboxylic acids is 2. The van der Waals surface area contributed by atoms with Gasteiger partial charge in [0.15, 0.2) is 0 Å². The molecule has 0 aromatic heterocycles. The second-order valence-electron chi connectivity index (χ2n) is 10.6. The Morgan fingerprint density at radius 3 is 2.35 bits per heavy atom. The third-order valence-corrected chi connectivity index (χ3v) is 8.46. The van der Waals surface area contributed by atoms with Crippen molar-refractivity contribution in [1.82, 2.24) is 15.1 Å². The van der Waals surface area contributed by atoms with Crippen LogP contribution in [-0.2, 0) is 11.0 Å². The van der Waals surface area contributed by atoms with Crippen molar-refractivity contribution < 1.29 is 22.8 Å². The van der Waals surface area contributed by atoms with Gasteiger partial charge in [0, 0.05) is 30.2 Å². The van der Waals surface area contributed by atoms with E-state index in [4.69, 9.17) is 0 Å². The lowest BCUT2D eigenvalue weighted by Crippen LogP contribution is -2.55. The van der Waals surface area contributed by atoms with Crippen molar-refractivity contribution in [3.8, 4) is 0 Å². The molecule has 0 radical (unpaired) electrons. The van der Waals surface area contributed by atoms with E-state index in [1.807, 2.05) is 4.90 Å². The highest BCUT2D eigenvalue weighted by atomic mass is 19.4. The van der Waals surface area contributed by atoms with Gasteiger partial charge in [-0.15, -0.1) is 0 Å². The van der Waals surface area contributed by atoms with Crippen LogP contribution in [0.4, 0.5) is 13.2 Å². The summed E-state index contributed by atoms with van der Waals surface area (Å²) in [5.41, 5.74) is 0.452.